The Balaban J connectivity index is 1.78. The van der Waals surface area contributed by atoms with E-state index in [9.17, 15) is 36.3 Å². The number of esters is 1. The molecular formula is C19H10F5NO6. The minimum absolute atomic E-state index is 0.00329. The largest absolute Gasteiger partial charge is 0.477 e. The number of benzene rings is 2. The molecule has 1 amide bonds. The Morgan fingerprint density at radius 1 is 0.968 bits per heavy atom. The van der Waals surface area contributed by atoms with Crippen molar-refractivity contribution in [3.8, 4) is 5.75 Å². The van der Waals surface area contributed by atoms with Crippen LogP contribution in [-0.2, 0) is 9.53 Å². The van der Waals surface area contributed by atoms with Crippen LogP contribution in [0.4, 0.5) is 27.6 Å². The maximum atomic E-state index is 13.6. The normalized spacial score (nSPS) is 10.8. The van der Waals surface area contributed by atoms with Crippen LogP contribution in [0.3, 0.4) is 0 Å². The van der Waals surface area contributed by atoms with Crippen LogP contribution in [-0.4, -0.2) is 25.6 Å². The lowest BCUT2D eigenvalue weighted by atomic mass is 10.2. The first-order valence-corrected chi connectivity index (χ1v) is 8.24. The number of halogens is 5. The highest BCUT2D eigenvalue weighted by molar-refractivity contribution is 5.95. The number of methoxy groups -OCH3 is 1. The van der Waals surface area contributed by atoms with Gasteiger partial charge in [0.25, 0.3) is 5.91 Å². The number of hydrogen-bond acceptors (Lipinski definition) is 6. The van der Waals surface area contributed by atoms with Crippen LogP contribution in [0.25, 0.3) is 11.0 Å². The highest BCUT2D eigenvalue weighted by atomic mass is 19.2. The average Bonchev–Trinajstić information content (AvgIpc) is 2.76. The second kappa shape index (κ2) is 8.42. The first-order chi connectivity index (χ1) is 14.6. The molecule has 1 aromatic heterocycles. The Bertz CT molecular complexity index is 1240. The fourth-order valence-corrected chi connectivity index (χ4v) is 2.48. The first kappa shape index (κ1) is 21.7. The third kappa shape index (κ3) is 4.17. The Hall–Kier alpha value is -3.96. The highest BCUT2D eigenvalue weighted by Gasteiger charge is 2.27. The fourth-order valence-electron chi connectivity index (χ4n) is 2.48. The molecule has 0 spiro atoms. The van der Waals surface area contributed by atoms with Gasteiger partial charge < -0.3 is 19.2 Å². The second-order valence-corrected chi connectivity index (χ2v) is 5.91. The summed E-state index contributed by atoms with van der Waals surface area (Å²) in [7, 11) is 1.10. The van der Waals surface area contributed by atoms with E-state index in [0.717, 1.165) is 13.2 Å². The van der Waals surface area contributed by atoms with Crippen LogP contribution in [0.15, 0.2) is 33.5 Å². The van der Waals surface area contributed by atoms with Gasteiger partial charge in [0.05, 0.1) is 12.5 Å². The predicted octanol–water partition coefficient (Wildman–Crippen LogP) is 3.29. The maximum Gasteiger partial charge on any atom is 0.374 e. The van der Waals surface area contributed by atoms with E-state index in [1.54, 1.807) is 0 Å². The van der Waals surface area contributed by atoms with E-state index in [0.29, 0.717) is 0 Å². The zero-order valence-corrected chi connectivity index (χ0v) is 15.4. The molecule has 0 fully saturated rings. The number of hydrogen-bond donors (Lipinski definition) is 1. The molecule has 1 N–H and O–H groups in total. The van der Waals surface area contributed by atoms with Gasteiger partial charge in [0, 0.05) is 11.8 Å². The summed E-state index contributed by atoms with van der Waals surface area (Å²) >= 11 is 0. The van der Waals surface area contributed by atoms with Gasteiger partial charge in [-0.3, -0.25) is 9.59 Å². The molecule has 3 aromatic rings. The fraction of sp³-hybridized carbons (Fsp3) is 0.105. The van der Waals surface area contributed by atoms with E-state index in [2.05, 4.69) is 14.8 Å². The summed E-state index contributed by atoms with van der Waals surface area (Å²) in [5.74, 6) is -15.1. The van der Waals surface area contributed by atoms with Crippen molar-refractivity contribution in [1.82, 2.24) is 0 Å². The van der Waals surface area contributed by atoms with E-state index >= 15 is 0 Å². The molecule has 0 saturated heterocycles. The monoisotopic (exact) mass is 443 g/mol. The zero-order valence-electron chi connectivity index (χ0n) is 15.4. The quantitative estimate of drug-likeness (QED) is 0.282. The lowest BCUT2D eigenvalue weighted by Crippen LogP contribution is -2.21. The summed E-state index contributed by atoms with van der Waals surface area (Å²) < 4.78 is 80.6. The standard InChI is InChI=1S/C19H10F5NO6/c1-29-19(28)11-5-9(26)8-4-7(2-3-10(8)31-11)25-12(27)6-30-18-16(23)14(21)13(20)15(22)17(18)24/h2-5H,6H2,1H3,(H,25,27). The third-order valence-corrected chi connectivity index (χ3v) is 3.91. The molecule has 0 bridgehead atoms. The van der Waals surface area contributed by atoms with Gasteiger partial charge in [0.15, 0.2) is 17.8 Å². The molecule has 3 rings (SSSR count). The number of carbonyl (C=O) groups is 2. The van der Waals surface area contributed by atoms with Crippen molar-refractivity contribution in [2.75, 3.05) is 19.0 Å². The van der Waals surface area contributed by atoms with Crippen molar-refractivity contribution in [3.63, 3.8) is 0 Å². The molecule has 12 heteroatoms. The van der Waals surface area contributed by atoms with Gasteiger partial charge in [0.2, 0.25) is 34.8 Å². The average molecular weight is 443 g/mol. The maximum absolute atomic E-state index is 13.6. The molecule has 0 aliphatic heterocycles. The molecule has 2 aromatic carbocycles. The van der Waals surface area contributed by atoms with Crippen molar-refractivity contribution in [3.05, 3.63) is 69.3 Å². The van der Waals surface area contributed by atoms with Crippen LogP contribution < -0.4 is 15.5 Å². The first-order valence-electron chi connectivity index (χ1n) is 8.24. The van der Waals surface area contributed by atoms with Crippen LogP contribution in [0.1, 0.15) is 10.6 Å². The Kier molecular flexibility index (Phi) is 5.90. The summed E-state index contributed by atoms with van der Waals surface area (Å²) in [6, 6.07) is 4.58. The van der Waals surface area contributed by atoms with Crippen molar-refractivity contribution in [2.45, 2.75) is 0 Å². The number of anilines is 1. The van der Waals surface area contributed by atoms with Crippen LogP contribution >= 0.6 is 0 Å². The molecule has 0 unspecified atom stereocenters. The molecular weight excluding hydrogens is 433 g/mol. The van der Waals surface area contributed by atoms with Gasteiger partial charge in [-0.15, -0.1) is 0 Å². The molecule has 0 aliphatic carbocycles. The summed E-state index contributed by atoms with van der Waals surface area (Å²) in [6.07, 6.45) is 0. The van der Waals surface area contributed by atoms with Gasteiger partial charge in [-0.05, 0) is 18.2 Å². The summed E-state index contributed by atoms with van der Waals surface area (Å²) in [4.78, 5) is 35.6. The Labute approximate surface area is 169 Å². The van der Waals surface area contributed by atoms with Gasteiger partial charge in [-0.2, -0.15) is 8.78 Å². The van der Waals surface area contributed by atoms with Crippen molar-refractivity contribution in [1.29, 1.82) is 0 Å². The van der Waals surface area contributed by atoms with E-state index < -0.39 is 58.7 Å². The van der Waals surface area contributed by atoms with Gasteiger partial charge in [0.1, 0.15) is 5.58 Å². The predicted molar refractivity (Wildman–Crippen MR) is 94.2 cm³/mol. The van der Waals surface area contributed by atoms with Crippen molar-refractivity contribution in [2.24, 2.45) is 0 Å². The van der Waals surface area contributed by atoms with E-state index in [4.69, 9.17) is 4.42 Å². The molecule has 162 valence electrons. The van der Waals surface area contributed by atoms with Crippen LogP contribution in [0.5, 0.6) is 5.75 Å². The summed E-state index contributed by atoms with van der Waals surface area (Å²) in [5, 5.41) is 2.19. The number of fused-ring (bicyclic) bond motifs is 1. The van der Waals surface area contributed by atoms with Crippen LogP contribution in [0, 0.1) is 29.1 Å². The molecule has 0 saturated carbocycles. The number of ether oxygens (including phenoxy) is 2. The van der Waals surface area contributed by atoms with Gasteiger partial charge >= 0.3 is 5.97 Å². The van der Waals surface area contributed by atoms with Crippen molar-refractivity contribution < 1.29 is 45.4 Å². The number of nitrogens with one attached hydrogen (secondary N) is 1. The molecule has 1 heterocycles. The molecule has 0 aliphatic rings. The number of carbonyl (C=O) groups excluding carboxylic acids is 2. The highest BCUT2D eigenvalue weighted by Crippen LogP contribution is 2.29. The third-order valence-electron chi connectivity index (χ3n) is 3.91. The van der Waals surface area contributed by atoms with E-state index in [-0.39, 0.29) is 22.4 Å². The zero-order chi connectivity index (χ0) is 22.9. The SMILES string of the molecule is COC(=O)c1cc(=O)c2cc(NC(=O)COc3c(F)c(F)c(F)c(F)c3F)ccc2o1. The molecule has 0 atom stereocenters. The lowest BCUT2D eigenvalue weighted by Gasteiger charge is -2.11. The van der Waals surface area contributed by atoms with Crippen LogP contribution in [0.2, 0.25) is 0 Å². The van der Waals surface area contributed by atoms with Gasteiger partial charge in [-0.1, -0.05) is 0 Å². The topological polar surface area (TPSA) is 94.8 Å². The van der Waals surface area contributed by atoms with E-state index in [1.807, 2.05) is 0 Å². The Morgan fingerprint density at radius 3 is 2.19 bits per heavy atom. The lowest BCUT2D eigenvalue weighted by molar-refractivity contribution is -0.118. The second-order valence-electron chi connectivity index (χ2n) is 5.91. The molecule has 31 heavy (non-hydrogen) atoms. The summed E-state index contributed by atoms with van der Waals surface area (Å²) in [5.41, 5.74) is -0.601. The smallest absolute Gasteiger partial charge is 0.374 e. The number of rotatable bonds is 5. The minimum atomic E-state index is -2.36. The minimum Gasteiger partial charge on any atom is -0.477 e. The summed E-state index contributed by atoms with van der Waals surface area (Å²) in [6.45, 7) is -1.10. The molecule has 7 nitrogen and oxygen atoms in total. The number of amides is 1. The van der Waals surface area contributed by atoms with E-state index in [1.165, 1.54) is 18.2 Å². The molecule has 0 radical (unpaired) electrons. The van der Waals surface area contributed by atoms with Crippen molar-refractivity contribution >= 4 is 28.5 Å². The Morgan fingerprint density at radius 2 is 1.58 bits per heavy atom. The van der Waals surface area contributed by atoms with Gasteiger partial charge in [-0.25, -0.2) is 18.0 Å².